The van der Waals surface area contributed by atoms with Gasteiger partial charge in [-0.05, 0) is 55.3 Å². The molecule has 0 saturated heterocycles. The molecule has 0 radical (unpaired) electrons. The van der Waals surface area contributed by atoms with Crippen LogP contribution in [0.15, 0.2) is 42.5 Å². The molecule has 2 aromatic rings. The minimum Gasteiger partial charge on any atom is -0.493 e. The monoisotopic (exact) mass is 387 g/mol. The molecule has 0 saturated carbocycles. The Bertz CT molecular complexity index is 861. The number of carbonyl (C=O) groups excluding carboxylic acids is 1. The van der Waals surface area contributed by atoms with Gasteiger partial charge in [0.15, 0.2) is 23.4 Å². The number of benzene rings is 2. The minimum atomic E-state index is -0.619. The molecule has 1 N–H and O–H groups in total. The first-order valence-corrected chi connectivity index (χ1v) is 9.06. The molecule has 0 amide bonds. The lowest BCUT2D eigenvalue weighted by atomic mass is 9.96. The summed E-state index contributed by atoms with van der Waals surface area (Å²) in [5, 5.41) is 3.91. The van der Waals surface area contributed by atoms with Crippen molar-refractivity contribution in [3.8, 4) is 17.2 Å². The Morgan fingerprint density at radius 1 is 1.15 bits per heavy atom. The van der Waals surface area contributed by atoms with Crippen LogP contribution in [0.1, 0.15) is 18.1 Å². The third kappa shape index (κ3) is 4.37. The zero-order chi connectivity index (χ0) is 19.4. The number of hydrogen-bond donors (Lipinski definition) is 1. The third-order valence-electron chi connectivity index (χ3n) is 4.42. The molecule has 6 heteroatoms. The molecule has 142 valence electrons. The van der Waals surface area contributed by atoms with E-state index in [-0.39, 0.29) is 5.78 Å². The molecule has 0 fully saturated rings. The summed E-state index contributed by atoms with van der Waals surface area (Å²) in [6, 6.07) is 10.8. The Labute approximate surface area is 163 Å². The number of nitrogens with one attached hydrogen (secondary N) is 1. The second-order valence-corrected chi connectivity index (χ2v) is 6.65. The average Bonchev–Trinajstić information content (AvgIpc) is 2.68. The van der Waals surface area contributed by atoms with E-state index >= 15 is 0 Å². The largest absolute Gasteiger partial charge is 0.493 e. The fourth-order valence-electron chi connectivity index (χ4n) is 2.97. The van der Waals surface area contributed by atoms with Crippen LogP contribution in [0.25, 0.3) is 5.70 Å². The summed E-state index contributed by atoms with van der Waals surface area (Å²) in [7, 11) is 3.21. The fourth-order valence-corrected chi connectivity index (χ4v) is 3.10. The second-order valence-electron chi connectivity index (χ2n) is 6.22. The van der Waals surface area contributed by atoms with E-state index in [2.05, 4.69) is 5.32 Å². The van der Waals surface area contributed by atoms with E-state index in [0.717, 1.165) is 29.8 Å². The summed E-state index contributed by atoms with van der Waals surface area (Å²) in [5.74, 6) is 1.78. The van der Waals surface area contributed by atoms with Gasteiger partial charge in [0.25, 0.3) is 0 Å². The number of fused-ring (bicyclic) bond motifs is 1. The van der Waals surface area contributed by atoms with Gasteiger partial charge in [0, 0.05) is 28.9 Å². The van der Waals surface area contributed by atoms with Gasteiger partial charge in [-0.2, -0.15) is 0 Å². The van der Waals surface area contributed by atoms with Crippen molar-refractivity contribution in [3.05, 3.63) is 58.6 Å². The first kappa shape index (κ1) is 19.1. The van der Waals surface area contributed by atoms with Crippen LogP contribution in [0.4, 0.5) is 0 Å². The normalized spacial score (nSPS) is 15.5. The van der Waals surface area contributed by atoms with E-state index in [0.29, 0.717) is 22.3 Å². The number of ketones is 1. The van der Waals surface area contributed by atoms with Gasteiger partial charge in [0.05, 0.1) is 14.2 Å². The molecule has 0 aliphatic carbocycles. The number of methoxy groups -OCH3 is 2. The van der Waals surface area contributed by atoms with Crippen molar-refractivity contribution in [2.75, 3.05) is 20.8 Å². The first-order chi connectivity index (χ1) is 13.0. The van der Waals surface area contributed by atoms with Gasteiger partial charge in [-0.15, -0.1) is 0 Å². The van der Waals surface area contributed by atoms with Crippen LogP contribution in [0.3, 0.4) is 0 Å². The molecule has 1 aliphatic rings. The molecule has 2 aromatic carbocycles. The molecular formula is C21H22ClNO4. The van der Waals surface area contributed by atoms with Gasteiger partial charge >= 0.3 is 0 Å². The Morgan fingerprint density at radius 2 is 1.81 bits per heavy atom. The smallest absolute Gasteiger partial charge is 0.197 e. The summed E-state index contributed by atoms with van der Waals surface area (Å²) in [6.45, 7) is 2.47. The van der Waals surface area contributed by atoms with Crippen LogP contribution >= 0.6 is 11.6 Å². The average molecular weight is 388 g/mol. The highest BCUT2D eigenvalue weighted by atomic mass is 35.5. The van der Waals surface area contributed by atoms with Gasteiger partial charge in [-0.25, -0.2) is 0 Å². The number of hydrogen-bond acceptors (Lipinski definition) is 5. The molecule has 1 aliphatic heterocycles. The van der Waals surface area contributed by atoms with Crippen molar-refractivity contribution in [2.24, 2.45) is 0 Å². The zero-order valence-corrected chi connectivity index (χ0v) is 16.3. The standard InChI is InChI=1S/C21H22ClNO4/c1-13(27-16-6-4-15(22)5-7-16)19(24)12-18-17-11-21(26-3)20(25-2)10-14(17)8-9-23-18/h4-7,10-13,23H,8-9H2,1-3H3. The van der Waals surface area contributed by atoms with Crippen molar-refractivity contribution >= 4 is 23.1 Å². The molecule has 0 bridgehead atoms. The van der Waals surface area contributed by atoms with Gasteiger partial charge < -0.3 is 19.5 Å². The molecule has 0 aromatic heterocycles. The van der Waals surface area contributed by atoms with Crippen molar-refractivity contribution < 1.29 is 19.0 Å². The molecule has 1 heterocycles. The Morgan fingerprint density at radius 3 is 2.48 bits per heavy atom. The zero-order valence-electron chi connectivity index (χ0n) is 15.5. The quantitative estimate of drug-likeness (QED) is 0.762. The molecule has 1 atom stereocenters. The van der Waals surface area contributed by atoms with Crippen LogP contribution in [0.2, 0.25) is 5.02 Å². The van der Waals surface area contributed by atoms with Crippen molar-refractivity contribution in [2.45, 2.75) is 19.4 Å². The van der Waals surface area contributed by atoms with Crippen LogP contribution in [0.5, 0.6) is 17.2 Å². The predicted octanol–water partition coefficient (Wildman–Crippen LogP) is 3.88. The second kappa shape index (κ2) is 8.35. The van der Waals surface area contributed by atoms with E-state index in [4.69, 9.17) is 25.8 Å². The lowest BCUT2D eigenvalue weighted by Gasteiger charge is -2.23. The number of rotatable bonds is 6. The molecule has 5 nitrogen and oxygen atoms in total. The van der Waals surface area contributed by atoms with Crippen molar-refractivity contribution in [3.63, 3.8) is 0 Å². The van der Waals surface area contributed by atoms with Crippen LogP contribution < -0.4 is 19.5 Å². The van der Waals surface area contributed by atoms with Gasteiger partial charge in [-0.1, -0.05) is 11.6 Å². The van der Waals surface area contributed by atoms with Crippen molar-refractivity contribution in [1.82, 2.24) is 5.32 Å². The number of carbonyl (C=O) groups is 1. The SMILES string of the molecule is COc1cc2c(cc1OC)C(=CC(=O)C(C)Oc1ccc(Cl)cc1)NCC2. The summed E-state index contributed by atoms with van der Waals surface area (Å²) < 4.78 is 16.5. The summed E-state index contributed by atoms with van der Waals surface area (Å²) >= 11 is 5.87. The highest BCUT2D eigenvalue weighted by molar-refractivity contribution is 6.30. The highest BCUT2D eigenvalue weighted by Crippen LogP contribution is 2.34. The lowest BCUT2D eigenvalue weighted by Crippen LogP contribution is -2.27. The molecule has 1 unspecified atom stereocenters. The summed E-state index contributed by atoms with van der Waals surface area (Å²) in [6.07, 6.45) is 1.81. The highest BCUT2D eigenvalue weighted by Gasteiger charge is 2.20. The third-order valence-corrected chi connectivity index (χ3v) is 4.68. The van der Waals surface area contributed by atoms with E-state index in [9.17, 15) is 4.79 Å². The molecular weight excluding hydrogens is 366 g/mol. The molecule has 3 rings (SSSR count). The van der Waals surface area contributed by atoms with Crippen molar-refractivity contribution in [1.29, 1.82) is 0 Å². The summed E-state index contributed by atoms with van der Waals surface area (Å²) in [5.41, 5.74) is 2.80. The fraction of sp³-hybridized carbons (Fsp3) is 0.286. The first-order valence-electron chi connectivity index (χ1n) is 8.68. The maximum atomic E-state index is 12.6. The van der Waals surface area contributed by atoms with E-state index in [1.165, 1.54) is 0 Å². The van der Waals surface area contributed by atoms with Crippen LogP contribution in [-0.2, 0) is 11.2 Å². The van der Waals surface area contributed by atoms with E-state index < -0.39 is 6.10 Å². The van der Waals surface area contributed by atoms with E-state index in [1.54, 1.807) is 51.5 Å². The number of ether oxygens (including phenoxy) is 3. The van der Waals surface area contributed by atoms with Crippen LogP contribution in [-0.4, -0.2) is 32.7 Å². The molecule has 0 spiro atoms. The van der Waals surface area contributed by atoms with Gasteiger partial charge in [-0.3, -0.25) is 4.79 Å². The maximum Gasteiger partial charge on any atom is 0.197 e. The maximum absolute atomic E-state index is 12.6. The lowest BCUT2D eigenvalue weighted by molar-refractivity contribution is -0.120. The summed E-state index contributed by atoms with van der Waals surface area (Å²) in [4.78, 5) is 12.6. The Kier molecular flexibility index (Phi) is 5.91. The van der Waals surface area contributed by atoms with Gasteiger partial charge in [0.2, 0.25) is 0 Å². The molecule has 27 heavy (non-hydrogen) atoms. The minimum absolute atomic E-state index is 0.130. The predicted molar refractivity (Wildman–Crippen MR) is 106 cm³/mol. The van der Waals surface area contributed by atoms with Crippen LogP contribution in [0, 0.1) is 0 Å². The topological polar surface area (TPSA) is 56.8 Å². The Hall–Kier alpha value is -2.66. The number of halogens is 1. The van der Waals surface area contributed by atoms with Gasteiger partial charge in [0.1, 0.15) is 5.75 Å². The van der Waals surface area contributed by atoms with E-state index in [1.807, 2.05) is 12.1 Å². The Balaban J connectivity index is 1.83.